The average molecular weight is 342 g/mol. The standard InChI is InChI=1S/C19H18F2N2.C2H6/c1-12-3-6-17(21)9-18(12)15-5-4-14-8-19(23-13(2)10-20)22-11-16(14)7-15;1-2/h4-5,7-9,11H,2-3,6,10H2,1H3,(H,22,23);1-2H3. The van der Waals surface area contributed by atoms with E-state index in [1.807, 2.05) is 45.0 Å². The highest BCUT2D eigenvalue weighted by molar-refractivity contribution is 5.89. The Bertz CT molecular complexity index is 835. The van der Waals surface area contributed by atoms with Gasteiger partial charge in [0.2, 0.25) is 0 Å². The minimum absolute atomic E-state index is 0.0758. The number of allylic oxidation sites excluding steroid dienone is 5. The summed E-state index contributed by atoms with van der Waals surface area (Å²) in [5.74, 6) is 0.486. The molecular formula is C21H24F2N2. The summed E-state index contributed by atoms with van der Waals surface area (Å²) in [4.78, 5) is 4.27. The summed E-state index contributed by atoms with van der Waals surface area (Å²) in [7, 11) is 0. The summed E-state index contributed by atoms with van der Waals surface area (Å²) in [6.07, 6.45) is 4.58. The number of alkyl halides is 1. The Morgan fingerprint density at radius 1 is 1.20 bits per heavy atom. The normalized spacial score (nSPS) is 13.9. The first-order chi connectivity index (χ1) is 12.1. The number of anilines is 1. The fourth-order valence-electron chi connectivity index (χ4n) is 2.72. The molecule has 2 nitrogen and oxygen atoms in total. The number of rotatable bonds is 4. The molecule has 0 fully saturated rings. The molecule has 1 aromatic heterocycles. The zero-order valence-corrected chi connectivity index (χ0v) is 15.0. The maximum absolute atomic E-state index is 13.6. The Balaban J connectivity index is 0.00000109. The molecule has 1 aliphatic carbocycles. The average Bonchev–Trinajstić information content (AvgIpc) is 2.65. The summed E-state index contributed by atoms with van der Waals surface area (Å²) >= 11 is 0. The Kier molecular flexibility index (Phi) is 6.45. The molecule has 0 saturated heterocycles. The van der Waals surface area contributed by atoms with Gasteiger partial charge in [-0.15, -0.1) is 0 Å². The topological polar surface area (TPSA) is 24.9 Å². The summed E-state index contributed by atoms with van der Waals surface area (Å²) in [6.45, 7) is 8.97. The van der Waals surface area contributed by atoms with Crippen molar-refractivity contribution in [2.24, 2.45) is 0 Å². The van der Waals surface area contributed by atoms with Crippen molar-refractivity contribution in [2.75, 3.05) is 12.0 Å². The van der Waals surface area contributed by atoms with Crippen LogP contribution >= 0.6 is 0 Å². The third-order valence-corrected chi connectivity index (χ3v) is 4.00. The van der Waals surface area contributed by atoms with E-state index in [1.54, 1.807) is 12.3 Å². The van der Waals surface area contributed by atoms with Crippen molar-refractivity contribution in [3.05, 3.63) is 65.8 Å². The molecule has 132 valence electrons. The van der Waals surface area contributed by atoms with E-state index in [4.69, 9.17) is 0 Å². The van der Waals surface area contributed by atoms with Crippen LogP contribution in [-0.2, 0) is 0 Å². The predicted octanol–water partition coefficient (Wildman–Crippen LogP) is 6.58. The molecule has 0 aliphatic heterocycles. The zero-order chi connectivity index (χ0) is 18.4. The number of nitrogens with zero attached hydrogens (tertiary/aromatic N) is 1. The summed E-state index contributed by atoms with van der Waals surface area (Å²) in [5, 5.41) is 4.77. The van der Waals surface area contributed by atoms with Gasteiger partial charge in [-0.2, -0.15) is 0 Å². The van der Waals surface area contributed by atoms with Crippen LogP contribution in [0.15, 0.2) is 60.2 Å². The Hall–Kier alpha value is -2.49. The fraction of sp³-hybridized carbons (Fsp3) is 0.286. The molecule has 1 heterocycles. The quantitative estimate of drug-likeness (QED) is 0.679. The number of nitrogens with one attached hydrogen (secondary N) is 1. The van der Waals surface area contributed by atoms with E-state index in [-0.39, 0.29) is 11.5 Å². The highest BCUT2D eigenvalue weighted by atomic mass is 19.1. The summed E-state index contributed by atoms with van der Waals surface area (Å²) in [5.41, 5.74) is 3.40. The highest BCUT2D eigenvalue weighted by Crippen LogP contribution is 2.32. The van der Waals surface area contributed by atoms with Gasteiger partial charge >= 0.3 is 0 Å². The van der Waals surface area contributed by atoms with Crippen LogP contribution in [0, 0.1) is 0 Å². The van der Waals surface area contributed by atoms with Crippen LogP contribution in [0.4, 0.5) is 14.6 Å². The van der Waals surface area contributed by atoms with Gasteiger partial charge in [-0.05, 0) is 48.1 Å². The number of halogens is 2. The zero-order valence-electron chi connectivity index (χ0n) is 15.0. The number of aromatic nitrogens is 1. The van der Waals surface area contributed by atoms with Gasteiger partial charge in [-0.3, -0.25) is 0 Å². The Morgan fingerprint density at radius 2 is 1.96 bits per heavy atom. The number of hydrogen-bond donors (Lipinski definition) is 1. The molecular weight excluding hydrogens is 318 g/mol. The smallest absolute Gasteiger partial charge is 0.130 e. The molecule has 0 spiro atoms. The van der Waals surface area contributed by atoms with E-state index in [9.17, 15) is 8.78 Å². The van der Waals surface area contributed by atoms with Crippen LogP contribution in [0.1, 0.15) is 39.2 Å². The molecule has 0 radical (unpaired) electrons. The van der Waals surface area contributed by atoms with Gasteiger partial charge in [0.15, 0.2) is 0 Å². The minimum Gasteiger partial charge on any atom is -0.342 e. The minimum atomic E-state index is -0.635. The summed E-state index contributed by atoms with van der Waals surface area (Å²) < 4.78 is 26.1. The molecule has 0 amide bonds. The third kappa shape index (κ3) is 4.53. The van der Waals surface area contributed by atoms with Crippen LogP contribution in [0.2, 0.25) is 0 Å². The van der Waals surface area contributed by atoms with Crippen molar-refractivity contribution in [1.29, 1.82) is 0 Å². The molecule has 1 aliphatic rings. The number of pyridine rings is 1. The maximum Gasteiger partial charge on any atom is 0.130 e. The summed E-state index contributed by atoms with van der Waals surface area (Å²) in [6, 6.07) is 7.79. The maximum atomic E-state index is 13.6. The van der Waals surface area contributed by atoms with E-state index in [0.29, 0.717) is 12.2 Å². The number of benzene rings is 1. The lowest BCUT2D eigenvalue weighted by atomic mass is 9.92. The molecule has 1 N–H and O–H groups in total. The van der Waals surface area contributed by atoms with Crippen LogP contribution in [0.25, 0.3) is 16.3 Å². The molecule has 0 unspecified atom stereocenters. The van der Waals surface area contributed by atoms with Gasteiger partial charge in [0.25, 0.3) is 0 Å². The van der Waals surface area contributed by atoms with Crippen LogP contribution in [0.5, 0.6) is 0 Å². The molecule has 2 aromatic rings. The van der Waals surface area contributed by atoms with Crippen molar-refractivity contribution in [3.63, 3.8) is 0 Å². The van der Waals surface area contributed by atoms with E-state index < -0.39 is 6.67 Å². The van der Waals surface area contributed by atoms with Gasteiger partial charge in [0, 0.05) is 23.7 Å². The van der Waals surface area contributed by atoms with Gasteiger partial charge in [-0.1, -0.05) is 38.1 Å². The van der Waals surface area contributed by atoms with Gasteiger partial charge < -0.3 is 5.32 Å². The highest BCUT2D eigenvalue weighted by Gasteiger charge is 2.12. The molecule has 3 rings (SSSR count). The van der Waals surface area contributed by atoms with E-state index in [1.165, 1.54) is 5.57 Å². The van der Waals surface area contributed by atoms with Gasteiger partial charge in [-0.25, -0.2) is 13.8 Å². The van der Waals surface area contributed by atoms with Crippen molar-refractivity contribution in [2.45, 2.75) is 33.6 Å². The number of fused-ring (bicyclic) bond motifs is 1. The largest absolute Gasteiger partial charge is 0.342 e. The molecule has 4 heteroatoms. The van der Waals surface area contributed by atoms with E-state index in [0.717, 1.165) is 28.3 Å². The lowest BCUT2D eigenvalue weighted by Crippen LogP contribution is -2.01. The molecule has 0 bridgehead atoms. The monoisotopic (exact) mass is 342 g/mol. The molecule has 0 atom stereocenters. The van der Waals surface area contributed by atoms with Crippen molar-refractivity contribution in [1.82, 2.24) is 4.98 Å². The molecule has 25 heavy (non-hydrogen) atoms. The molecule has 0 saturated carbocycles. The van der Waals surface area contributed by atoms with E-state index >= 15 is 0 Å². The first-order valence-electron chi connectivity index (χ1n) is 8.53. The molecule has 1 aromatic carbocycles. The Morgan fingerprint density at radius 3 is 2.68 bits per heavy atom. The van der Waals surface area contributed by atoms with Crippen LogP contribution in [0.3, 0.4) is 0 Å². The van der Waals surface area contributed by atoms with Crippen molar-refractivity contribution in [3.8, 4) is 0 Å². The van der Waals surface area contributed by atoms with Crippen LogP contribution < -0.4 is 5.32 Å². The van der Waals surface area contributed by atoms with Gasteiger partial charge in [0.1, 0.15) is 18.3 Å². The predicted molar refractivity (Wildman–Crippen MR) is 103 cm³/mol. The van der Waals surface area contributed by atoms with E-state index in [2.05, 4.69) is 16.9 Å². The second-order valence-corrected chi connectivity index (χ2v) is 5.78. The third-order valence-electron chi connectivity index (χ3n) is 4.00. The van der Waals surface area contributed by atoms with Crippen molar-refractivity contribution < 1.29 is 8.78 Å². The SMILES string of the molecule is C=C(CF)Nc1cc2ccc(C3=C(C)CCC(F)=C3)cc2cn1.CC. The van der Waals surface area contributed by atoms with Crippen molar-refractivity contribution >= 4 is 22.2 Å². The number of hydrogen-bond acceptors (Lipinski definition) is 2. The second kappa shape index (κ2) is 8.56. The first kappa shape index (κ1) is 18.8. The Labute approximate surface area is 148 Å². The second-order valence-electron chi connectivity index (χ2n) is 5.78. The lowest BCUT2D eigenvalue weighted by molar-refractivity contribution is 0.546. The first-order valence-corrected chi connectivity index (χ1v) is 8.53. The van der Waals surface area contributed by atoms with Gasteiger partial charge in [0.05, 0.1) is 0 Å². The van der Waals surface area contributed by atoms with Crippen LogP contribution in [-0.4, -0.2) is 11.7 Å². The fourth-order valence-corrected chi connectivity index (χ4v) is 2.72. The lowest BCUT2D eigenvalue weighted by Gasteiger charge is -2.15.